The van der Waals surface area contributed by atoms with Crippen molar-refractivity contribution >= 4 is 29.1 Å². The van der Waals surface area contributed by atoms with Crippen LogP contribution in [0.25, 0.3) is 0 Å². The summed E-state index contributed by atoms with van der Waals surface area (Å²) in [6.45, 7) is 3.05. The fourth-order valence-electron chi connectivity index (χ4n) is 2.50. The van der Waals surface area contributed by atoms with E-state index in [9.17, 15) is 4.79 Å². The number of nitrogens with one attached hydrogen (secondary N) is 1. The first-order chi connectivity index (χ1) is 11.2. The summed E-state index contributed by atoms with van der Waals surface area (Å²) in [5.41, 5.74) is 0.777. The topological polar surface area (TPSA) is 61.4 Å². The van der Waals surface area contributed by atoms with Crippen LogP contribution in [0.3, 0.4) is 0 Å². The Labute approximate surface area is 140 Å². The van der Waals surface area contributed by atoms with Crippen molar-refractivity contribution in [3.8, 4) is 0 Å². The highest BCUT2D eigenvalue weighted by Crippen LogP contribution is 2.20. The molecule has 2 aromatic rings. The third-order valence-electron chi connectivity index (χ3n) is 3.77. The summed E-state index contributed by atoms with van der Waals surface area (Å²) in [5.74, 6) is 0.785. The number of hydrogen-bond acceptors (Lipinski definition) is 5. The highest BCUT2D eigenvalue weighted by Gasteiger charge is 2.22. The number of aromatic nitrogens is 2. The van der Waals surface area contributed by atoms with Crippen LogP contribution in [-0.4, -0.2) is 53.5 Å². The Morgan fingerprint density at radius 3 is 2.48 bits per heavy atom. The predicted molar refractivity (Wildman–Crippen MR) is 90.8 cm³/mol. The monoisotopic (exact) mass is 331 g/mol. The Morgan fingerprint density at radius 2 is 1.78 bits per heavy atom. The number of anilines is 2. The lowest BCUT2D eigenvalue weighted by molar-refractivity contribution is -0.129. The summed E-state index contributed by atoms with van der Waals surface area (Å²) >= 11 is 6.07. The highest BCUT2D eigenvalue weighted by atomic mass is 35.5. The molecule has 3 rings (SSSR count). The van der Waals surface area contributed by atoms with Crippen LogP contribution < -0.4 is 10.2 Å². The molecule has 1 aliphatic rings. The van der Waals surface area contributed by atoms with Gasteiger partial charge in [0.25, 0.3) is 0 Å². The third-order valence-corrected chi connectivity index (χ3v) is 4.10. The maximum absolute atomic E-state index is 12.3. The van der Waals surface area contributed by atoms with Crippen LogP contribution in [0.2, 0.25) is 5.02 Å². The summed E-state index contributed by atoms with van der Waals surface area (Å²) in [5, 5.41) is 3.71. The van der Waals surface area contributed by atoms with Gasteiger partial charge < -0.3 is 15.1 Å². The molecule has 1 saturated heterocycles. The van der Waals surface area contributed by atoms with E-state index in [0.29, 0.717) is 24.1 Å². The van der Waals surface area contributed by atoms with E-state index in [0.717, 1.165) is 18.8 Å². The molecule has 1 aromatic carbocycles. The Morgan fingerprint density at radius 1 is 1.09 bits per heavy atom. The highest BCUT2D eigenvalue weighted by molar-refractivity contribution is 6.33. The molecule has 0 unspecified atom stereocenters. The van der Waals surface area contributed by atoms with Crippen LogP contribution in [0.1, 0.15) is 0 Å². The number of carbonyl (C=O) groups is 1. The predicted octanol–water partition coefficient (Wildman–Crippen LogP) is 1.89. The molecule has 0 bridgehead atoms. The molecule has 6 nitrogen and oxygen atoms in total. The minimum absolute atomic E-state index is 0.0681. The van der Waals surface area contributed by atoms with Gasteiger partial charge in [0.1, 0.15) is 0 Å². The van der Waals surface area contributed by atoms with Gasteiger partial charge in [-0.15, -0.1) is 0 Å². The fraction of sp³-hybridized carbons (Fsp3) is 0.312. The quantitative estimate of drug-likeness (QED) is 0.927. The molecule has 0 saturated carbocycles. The van der Waals surface area contributed by atoms with E-state index in [1.165, 1.54) is 0 Å². The SMILES string of the molecule is O=C(CNc1ccccc1Cl)N1CCN(c2ncccn2)CC1. The Balaban J connectivity index is 1.50. The average Bonchev–Trinajstić information content (AvgIpc) is 2.62. The maximum Gasteiger partial charge on any atom is 0.241 e. The Kier molecular flexibility index (Phi) is 4.92. The summed E-state index contributed by atoms with van der Waals surface area (Å²) in [6.07, 6.45) is 3.46. The molecule has 2 heterocycles. The van der Waals surface area contributed by atoms with Crippen LogP contribution >= 0.6 is 11.6 Å². The number of para-hydroxylation sites is 1. The maximum atomic E-state index is 12.3. The normalized spacial score (nSPS) is 14.7. The molecule has 1 aromatic heterocycles. The van der Waals surface area contributed by atoms with E-state index in [-0.39, 0.29) is 12.5 Å². The number of halogens is 1. The van der Waals surface area contributed by atoms with Gasteiger partial charge in [0.15, 0.2) is 0 Å². The van der Waals surface area contributed by atoms with E-state index >= 15 is 0 Å². The second kappa shape index (κ2) is 7.28. The van der Waals surface area contributed by atoms with Crippen molar-refractivity contribution < 1.29 is 4.79 Å². The summed E-state index contributed by atoms with van der Waals surface area (Å²) < 4.78 is 0. The van der Waals surface area contributed by atoms with E-state index in [1.807, 2.05) is 23.1 Å². The molecule has 1 amide bonds. The first kappa shape index (κ1) is 15.6. The number of nitrogens with zero attached hydrogens (tertiary/aromatic N) is 4. The van der Waals surface area contributed by atoms with E-state index in [4.69, 9.17) is 11.6 Å². The van der Waals surface area contributed by atoms with Gasteiger partial charge in [-0.2, -0.15) is 0 Å². The van der Waals surface area contributed by atoms with Crippen molar-refractivity contribution in [3.63, 3.8) is 0 Å². The standard InChI is InChI=1S/C16H18ClN5O/c17-13-4-1-2-5-14(13)20-12-15(23)21-8-10-22(11-9-21)16-18-6-3-7-19-16/h1-7,20H,8-12H2. The van der Waals surface area contributed by atoms with E-state index < -0.39 is 0 Å². The van der Waals surface area contributed by atoms with Crippen molar-refractivity contribution in [2.45, 2.75) is 0 Å². The number of piperazine rings is 1. The first-order valence-corrected chi connectivity index (χ1v) is 7.90. The smallest absolute Gasteiger partial charge is 0.241 e. The first-order valence-electron chi connectivity index (χ1n) is 7.52. The zero-order chi connectivity index (χ0) is 16.1. The van der Waals surface area contributed by atoms with E-state index in [2.05, 4.69) is 20.2 Å². The zero-order valence-electron chi connectivity index (χ0n) is 12.7. The molecular formula is C16H18ClN5O. The number of benzene rings is 1. The van der Waals surface area contributed by atoms with Crippen LogP contribution in [0, 0.1) is 0 Å². The molecule has 23 heavy (non-hydrogen) atoms. The van der Waals surface area contributed by atoms with Crippen LogP contribution in [-0.2, 0) is 4.79 Å². The molecule has 120 valence electrons. The van der Waals surface area contributed by atoms with Gasteiger partial charge in [0.05, 0.1) is 17.3 Å². The lowest BCUT2D eigenvalue weighted by Gasteiger charge is -2.34. The minimum atomic E-state index is 0.0681. The molecule has 1 fully saturated rings. The van der Waals surface area contributed by atoms with Crippen molar-refractivity contribution in [1.29, 1.82) is 0 Å². The molecule has 0 atom stereocenters. The van der Waals surface area contributed by atoms with Gasteiger partial charge in [-0.1, -0.05) is 23.7 Å². The lowest BCUT2D eigenvalue weighted by Crippen LogP contribution is -2.50. The zero-order valence-corrected chi connectivity index (χ0v) is 13.4. The van der Waals surface area contributed by atoms with Crippen LogP contribution in [0.15, 0.2) is 42.7 Å². The summed E-state index contributed by atoms with van der Waals surface area (Å²) in [7, 11) is 0. The minimum Gasteiger partial charge on any atom is -0.375 e. The van der Waals surface area contributed by atoms with Gasteiger partial charge >= 0.3 is 0 Å². The number of hydrogen-bond donors (Lipinski definition) is 1. The number of rotatable bonds is 4. The van der Waals surface area contributed by atoms with Gasteiger partial charge in [-0.3, -0.25) is 4.79 Å². The lowest BCUT2D eigenvalue weighted by atomic mass is 10.3. The molecule has 0 aliphatic carbocycles. The molecule has 0 radical (unpaired) electrons. The number of carbonyl (C=O) groups excluding carboxylic acids is 1. The molecular weight excluding hydrogens is 314 g/mol. The van der Waals surface area contributed by atoms with Gasteiger partial charge in [0, 0.05) is 38.6 Å². The average molecular weight is 332 g/mol. The van der Waals surface area contributed by atoms with Gasteiger partial charge in [-0.25, -0.2) is 9.97 Å². The summed E-state index contributed by atoms with van der Waals surface area (Å²) in [6, 6.07) is 9.20. The van der Waals surface area contributed by atoms with E-state index in [1.54, 1.807) is 24.5 Å². The number of amides is 1. The van der Waals surface area contributed by atoms with Crippen molar-refractivity contribution in [2.75, 3.05) is 42.9 Å². The van der Waals surface area contributed by atoms with Gasteiger partial charge in [-0.05, 0) is 18.2 Å². The molecule has 7 heteroatoms. The third kappa shape index (κ3) is 3.90. The fourth-order valence-corrected chi connectivity index (χ4v) is 2.70. The van der Waals surface area contributed by atoms with Crippen LogP contribution in [0.4, 0.5) is 11.6 Å². The largest absolute Gasteiger partial charge is 0.375 e. The Bertz CT molecular complexity index is 659. The molecule has 1 N–H and O–H groups in total. The van der Waals surface area contributed by atoms with Gasteiger partial charge in [0.2, 0.25) is 11.9 Å². The van der Waals surface area contributed by atoms with Crippen molar-refractivity contribution in [3.05, 3.63) is 47.7 Å². The Hall–Kier alpha value is -2.34. The second-order valence-electron chi connectivity index (χ2n) is 5.25. The molecule has 1 aliphatic heterocycles. The molecule has 0 spiro atoms. The van der Waals surface area contributed by atoms with Crippen LogP contribution in [0.5, 0.6) is 0 Å². The van der Waals surface area contributed by atoms with Crippen molar-refractivity contribution in [2.24, 2.45) is 0 Å². The van der Waals surface area contributed by atoms with Crippen molar-refractivity contribution in [1.82, 2.24) is 14.9 Å². The summed E-state index contributed by atoms with van der Waals surface area (Å²) in [4.78, 5) is 24.7. The second-order valence-corrected chi connectivity index (χ2v) is 5.66.